The first-order valence-electron chi connectivity index (χ1n) is 3.55. The van der Waals surface area contributed by atoms with E-state index in [-0.39, 0.29) is 0 Å². The Bertz CT molecular complexity index is 480. The Hall–Kier alpha value is -0.850. The lowest BCUT2D eigenvalue weighted by atomic mass is 10.3. The fraction of sp³-hybridized carbons (Fsp3) is 0.600. The Labute approximate surface area is 103 Å². The van der Waals surface area contributed by atoms with Crippen LogP contribution in [0.15, 0.2) is 12.1 Å². The summed E-state index contributed by atoms with van der Waals surface area (Å²) in [5.74, 6) is -6.92. The van der Waals surface area contributed by atoms with Gasteiger partial charge in [-0.15, -0.1) is 0 Å². The molecule has 0 N–H and O–H groups in total. The first-order chi connectivity index (χ1) is 8.08. The second kappa shape index (κ2) is 4.92. The largest absolute Gasteiger partial charge is 0.474 e. The molecule has 0 aliphatic rings. The van der Waals surface area contributed by atoms with Gasteiger partial charge in [0, 0.05) is 10.7 Å². The molecule has 0 spiro atoms. The van der Waals surface area contributed by atoms with E-state index in [2.05, 4.69) is 10.7 Å². The van der Waals surface area contributed by atoms with E-state index in [1.54, 1.807) is 0 Å². The molecule has 19 heavy (non-hydrogen) atoms. The second-order valence-corrected chi connectivity index (χ2v) is 5.29. The molecule has 0 saturated carbocycles. The fourth-order valence-electron chi connectivity index (χ4n) is 0.538. The number of halogens is 10. The molecule has 0 saturated heterocycles. The summed E-state index contributed by atoms with van der Waals surface area (Å²) in [6.07, 6.45) is -10.3. The molecule has 0 bridgehead atoms. The van der Waals surface area contributed by atoms with Crippen molar-refractivity contribution in [2.24, 2.45) is 0 Å². The molecule has 0 aliphatic heterocycles. The highest BCUT2D eigenvalue weighted by Crippen LogP contribution is 2.50. The zero-order valence-electron chi connectivity index (χ0n) is 7.91. The Balaban J connectivity index is 5.72. The maximum absolute atomic E-state index is 12.6. The van der Waals surface area contributed by atoms with Crippen LogP contribution in [0.4, 0.5) is 39.5 Å². The molecule has 0 heterocycles. The molecule has 14 heteroatoms. The molecule has 0 unspecified atom stereocenters. The monoisotopic (exact) mass is 346 g/mol. The molecule has 0 aliphatic carbocycles. The van der Waals surface area contributed by atoms with Gasteiger partial charge in [-0.3, -0.25) is 0 Å². The summed E-state index contributed by atoms with van der Waals surface area (Å²) in [4.78, 5) is 0. The maximum atomic E-state index is 12.6. The summed E-state index contributed by atoms with van der Waals surface area (Å²) >= 11 is 0. The van der Waals surface area contributed by atoms with Crippen LogP contribution >= 0.6 is 10.7 Å². The van der Waals surface area contributed by atoms with E-state index in [9.17, 15) is 47.9 Å². The Morgan fingerprint density at radius 2 is 1.32 bits per heavy atom. The third-order valence-electron chi connectivity index (χ3n) is 1.40. The quantitative estimate of drug-likeness (QED) is 0.435. The number of ether oxygens (including phenoxy) is 1. The molecule has 0 aromatic heterocycles. The topological polar surface area (TPSA) is 43.4 Å². The van der Waals surface area contributed by atoms with E-state index >= 15 is 0 Å². The minimum absolute atomic E-state index is 2.02. The van der Waals surface area contributed by atoms with Gasteiger partial charge < -0.3 is 4.74 Å². The first kappa shape index (κ1) is 18.1. The Morgan fingerprint density at radius 1 is 0.947 bits per heavy atom. The van der Waals surface area contributed by atoms with Crippen molar-refractivity contribution in [2.45, 2.75) is 17.3 Å². The van der Waals surface area contributed by atoms with E-state index in [1.807, 2.05) is 4.74 Å². The zero-order valence-corrected chi connectivity index (χ0v) is 9.49. The van der Waals surface area contributed by atoms with Gasteiger partial charge in [0.05, 0.1) is 0 Å². The van der Waals surface area contributed by atoms with Crippen molar-refractivity contribution >= 4 is 19.7 Å². The van der Waals surface area contributed by atoms with E-state index in [1.165, 1.54) is 0 Å². The lowest BCUT2D eigenvalue weighted by Gasteiger charge is -2.29. The molecule has 0 fully saturated rings. The van der Waals surface area contributed by atoms with Gasteiger partial charge in [0.2, 0.25) is 0 Å². The number of rotatable bonds is 5. The highest BCUT2D eigenvalue weighted by molar-refractivity contribution is 8.14. The minimum Gasteiger partial charge on any atom is -0.397 e. The summed E-state index contributed by atoms with van der Waals surface area (Å²) in [6.45, 7) is 0. The van der Waals surface area contributed by atoms with E-state index in [4.69, 9.17) is 0 Å². The van der Waals surface area contributed by atoms with Gasteiger partial charge in [0.25, 0.3) is 0 Å². The molecule has 0 aromatic carbocycles. The van der Waals surface area contributed by atoms with Crippen LogP contribution in [0.2, 0.25) is 0 Å². The second-order valence-electron chi connectivity index (χ2n) is 2.68. The van der Waals surface area contributed by atoms with Gasteiger partial charge in [-0.25, -0.2) is 8.42 Å². The molecule has 0 rings (SSSR count). The predicted octanol–water partition coefficient (Wildman–Crippen LogP) is 3.43. The van der Waals surface area contributed by atoms with E-state index < -0.39 is 38.4 Å². The van der Waals surface area contributed by atoms with Gasteiger partial charge >= 0.3 is 38.4 Å². The van der Waals surface area contributed by atoms with Crippen molar-refractivity contribution in [1.82, 2.24) is 0 Å². The van der Waals surface area contributed by atoms with Gasteiger partial charge in [-0.2, -0.15) is 39.5 Å². The van der Waals surface area contributed by atoms with E-state index in [0.717, 1.165) is 0 Å². The van der Waals surface area contributed by atoms with Crippen molar-refractivity contribution in [2.75, 3.05) is 0 Å². The number of hydrogen-bond acceptors (Lipinski definition) is 3. The lowest BCUT2D eigenvalue weighted by molar-refractivity contribution is -0.375. The third-order valence-corrected chi connectivity index (χ3v) is 2.85. The molecular formula is C5ClF9O3S. The third kappa shape index (κ3) is 3.19. The maximum Gasteiger partial charge on any atom is 0.474 e. The molecule has 0 aromatic rings. The van der Waals surface area contributed by atoms with Crippen LogP contribution < -0.4 is 0 Å². The molecule has 3 nitrogen and oxygen atoms in total. The highest BCUT2D eigenvalue weighted by atomic mass is 35.7. The highest BCUT2D eigenvalue weighted by Gasteiger charge is 2.79. The van der Waals surface area contributed by atoms with Crippen LogP contribution in [0.25, 0.3) is 0 Å². The van der Waals surface area contributed by atoms with Crippen molar-refractivity contribution in [3.05, 3.63) is 12.1 Å². The van der Waals surface area contributed by atoms with Crippen LogP contribution in [-0.4, -0.2) is 25.7 Å². The SMILES string of the molecule is O=S(=O)(Cl)C(F)(F)C(F)(F)C(F)(F)OC(F)=C(F)F. The van der Waals surface area contributed by atoms with Crippen LogP contribution in [0.3, 0.4) is 0 Å². The normalized spacial score (nSPS) is 14.2. The fourth-order valence-corrected chi connectivity index (χ4v) is 1.25. The minimum atomic E-state index is -6.92. The summed E-state index contributed by atoms with van der Waals surface area (Å²) < 4.78 is 132. The van der Waals surface area contributed by atoms with E-state index in [0.29, 0.717) is 0 Å². The average molecular weight is 347 g/mol. The van der Waals surface area contributed by atoms with Gasteiger partial charge in [0.15, 0.2) is 0 Å². The van der Waals surface area contributed by atoms with Crippen LogP contribution in [-0.2, 0) is 13.8 Å². The molecule has 0 amide bonds. The number of alkyl halides is 6. The van der Waals surface area contributed by atoms with Gasteiger partial charge in [-0.05, 0) is 0 Å². The average Bonchev–Trinajstić information content (AvgIpc) is 2.14. The summed E-state index contributed by atoms with van der Waals surface area (Å²) in [6, 6.07) is -3.59. The molecule has 0 atom stereocenters. The summed E-state index contributed by atoms with van der Waals surface area (Å²) in [5, 5.41) is -6.61. The Kier molecular flexibility index (Phi) is 4.70. The molecule has 114 valence electrons. The van der Waals surface area contributed by atoms with Crippen LogP contribution in [0, 0.1) is 0 Å². The molecule has 0 radical (unpaired) electrons. The Morgan fingerprint density at radius 3 is 1.58 bits per heavy atom. The smallest absolute Gasteiger partial charge is 0.397 e. The first-order valence-corrected chi connectivity index (χ1v) is 5.86. The summed E-state index contributed by atoms with van der Waals surface area (Å²) in [5.41, 5.74) is 0. The number of hydrogen-bond donors (Lipinski definition) is 0. The van der Waals surface area contributed by atoms with Crippen molar-refractivity contribution in [3.63, 3.8) is 0 Å². The summed E-state index contributed by atoms with van der Waals surface area (Å²) in [7, 11) is -2.78. The molecular weight excluding hydrogens is 347 g/mol. The standard InChI is InChI=1S/C5ClF9O3S/c6-19(16,17)5(14,15)3(10,11)4(12,13)18-2(9)1(7)8. The van der Waals surface area contributed by atoms with Crippen LogP contribution in [0.1, 0.15) is 0 Å². The van der Waals surface area contributed by atoms with Crippen molar-refractivity contribution in [3.8, 4) is 0 Å². The van der Waals surface area contributed by atoms with Gasteiger partial charge in [-0.1, -0.05) is 0 Å². The zero-order chi connectivity index (χ0) is 15.9. The van der Waals surface area contributed by atoms with Crippen LogP contribution in [0.5, 0.6) is 0 Å². The predicted molar refractivity (Wildman–Crippen MR) is 41.0 cm³/mol. The van der Waals surface area contributed by atoms with Gasteiger partial charge in [0.1, 0.15) is 0 Å². The van der Waals surface area contributed by atoms with Crippen molar-refractivity contribution in [1.29, 1.82) is 0 Å². The van der Waals surface area contributed by atoms with Crippen molar-refractivity contribution < 1.29 is 52.7 Å². The lowest BCUT2D eigenvalue weighted by Crippen LogP contribution is -2.57.